The summed E-state index contributed by atoms with van der Waals surface area (Å²) in [6, 6.07) is 12.5. The molecule has 2 aromatic carbocycles. The van der Waals surface area contributed by atoms with Gasteiger partial charge in [0.2, 0.25) is 0 Å². The Morgan fingerprint density at radius 1 is 1.29 bits per heavy atom. The average molecular weight is 367 g/mol. The molecule has 0 aromatic heterocycles. The smallest absolute Gasteiger partial charge is 0.122 e. The van der Waals surface area contributed by atoms with Crippen LogP contribution in [0.1, 0.15) is 30.5 Å². The van der Waals surface area contributed by atoms with Gasteiger partial charge in [-0.05, 0) is 63.8 Å². The zero-order valence-corrected chi connectivity index (χ0v) is 14.2. The fourth-order valence-corrected chi connectivity index (χ4v) is 3.17. The first-order valence-electron chi connectivity index (χ1n) is 7.14. The van der Waals surface area contributed by atoms with Gasteiger partial charge in [0.15, 0.2) is 0 Å². The van der Waals surface area contributed by atoms with E-state index >= 15 is 0 Å². The topological polar surface area (TPSA) is 21.3 Å². The summed E-state index contributed by atoms with van der Waals surface area (Å²) in [6.45, 7) is 2.97. The number of fused-ring (bicyclic) bond motifs is 1. The van der Waals surface area contributed by atoms with E-state index < -0.39 is 0 Å². The molecular weight excluding hydrogens is 350 g/mol. The molecule has 2 aromatic rings. The molecule has 1 heterocycles. The van der Waals surface area contributed by atoms with Gasteiger partial charge in [0.25, 0.3) is 0 Å². The zero-order chi connectivity index (χ0) is 14.8. The van der Waals surface area contributed by atoms with Crippen LogP contribution in [0, 0.1) is 0 Å². The van der Waals surface area contributed by atoms with Gasteiger partial charge in [-0.1, -0.05) is 24.6 Å². The Kier molecular flexibility index (Phi) is 4.41. The number of halogens is 2. The molecule has 1 unspecified atom stereocenters. The van der Waals surface area contributed by atoms with Crippen LogP contribution in [0.4, 0.5) is 5.69 Å². The van der Waals surface area contributed by atoms with E-state index in [4.69, 9.17) is 16.3 Å². The number of nitrogens with one attached hydrogen (secondary N) is 1. The number of hydrogen-bond acceptors (Lipinski definition) is 2. The molecule has 0 bridgehead atoms. The number of benzene rings is 2. The molecule has 0 spiro atoms. The van der Waals surface area contributed by atoms with Gasteiger partial charge in [-0.2, -0.15) is 0 Å². The van der Waals surface area contributed by atoms with Crippen LogP contribution in [0.15, 0.2) is 40.9 Å². The van der Waals surface area contributed by atoms with Crippen LogP contribution in [0.3, 0.4) is 0 Å². The minimum absolute atomic E-state index is 0.255. The Hall–Kier alpha value is -1.19. The highest BCUT2D eigenvalue weighted by atomic mass is 79.9. The summed E-state index contributed by atoms with van der Waals surface area (Å²) in [5.41, 5.74) is 3.61. The van der Waals surface area contributed by atoms with Crippen LogP contribution in [-0.2, 0) is 6.42 Å². The summed E-state index contributed by atoms with van der Waals surface area (Å²) in [5.74, 6) is 1.03. The normalized spacial score (nSPS) is 14.4. The molecule has 0 saturated carbocycles. The molecule has 3 rings (SSSR count). The molecule has 0 aliphatic carbocycles. The quantitative estimate of drug-likeness (QED) is 0.760. The Bertz CT molecular complexity index is 659. The monoisotopic (exact) mass is 365 g/mol. The second-order valence-electron chi connectivity index (χ2n) is 5.19. The largest absolute Gasteiger partial charge is 0.493 e. The van der Waals surface area contributed by atoms with Gasteiger partial charge >= 0.3 is 0 Å². The highest BCUT2D eigenvalue weighted by Gasteiger charge is 2.16. The lowest BCUT2D eigenvalue weighted by Crippen LogP contribution is -2.10. The van der Waals surface area contributed by atoms with Gasteiger partial charge in [0.1, 0.15) is 5.75 Å². The Morgan fingerprint density at radius 2 is 2.14 bits per heavy atom. The minimum Gasteiger partial charge on any atom is -0.493 e. The van der Waals surface area contributed by atoms with E-state index in [2.05, 4.69) is 46.4 Å². The van der Waals surface area contributed by atoms with E-state index in [1.807, 2.05) is 18.2 Å². The van der Waals surface area contributed by atoms with Crippen LogP contribution in [0.25, 0.3) is 0 Å². The fourth-order valence-electron chi connectivity index (χ4n) is 2.64. The summed E-state index contributed by atoms with van der Waals surface area (Å²) >= 11 is 9.66. The Morgan fingerprint density at radius 3 is 2.95 bits per heavy atom. The van der Waals surface area contributed by atoms with Crippen molar-refractivity contribution in [3.05, 3.63) is 57.0 Å². The minimum atomic E-state index is 0.255. The maximum absolute atomic E-state index is 6.09. The number of ether oxygens (including phenoxy) is 1. The van der Waals surface area contributed by atoms with E-state index in [-0.39, 0.29) is 6.04 Å². The lowest BCUT2D eigenvalue weighted by atomic mass is 10.0. The molecule has 0 saturated heterocycles. The summed E-state index contributed by atoms with van der Waals surface area (Å²) in [6.07, 6.45) is 2.00. The molecule has 21 heavy (non-hydrogen) atoms. The van der Waals surface area contributed by atoms with Crippen molar-refractivity contribution in [1.29, 1.82) is 0 Å². The third-order valence-electron chi connectivity index (χ3n) is 3.78. The predicted molar refractivity (Wildman–Crippen MR) is 91.4 cm³/mol. The van der Waals surface area contributed by atoms with Gasteiger partial charge in [0, 0.05) is 15.9 Å². The predicted octanol–water partition coefficient (Wildman–Crippen LogP) is 5.60. The van der Waals surface area contributed by atoms with Crippen molar-refractivity contribution >= 4 is 33.2 Å². The Balaban J connectivity index is 1.86. The molecule has 0 amide bonds. The van der Waals surface area contributed by atoms with Crippen molar-refractivity contribution in [2.45, 2.75) is 25.8 Å². The first-order valence-corrected chi connectivity index (χ1v) is 8.31. The van der Waals surface area contributed by atoms with Crippen molar-refractivity contribution in [2.75, 3.05) is 11.9 Å². The lowest BCUT2D eigenvalue weighted by Gasteiger charge is -2.20. The second-order valence-corrected chi connectivity index (χ2v) is 6.49. The van der Waals surface area contributed by atoms with Crippen molar-refractivity contribution in [2.24, 2.45) is 0 Å². The first kappa shape index (κ1) is 14.7. The lowest BCUT2D eigenvalue weighted by molar-refractivity contribution is 0.357. The molecule has 1 aliphatic heterocycles. The average Bonchev–Trinajstić information content (AvgIpc) is 2.95. The highest BCUT2D eigenvalue weighted by molar-refractivity contribution is 9.10. The third kappa shape index (κ3) is 3.19. The number of rotatable bonds is 4. The van der Waals surface area contributed by atoms with E-state index in [1.54, 1.807) is 0 Å². The second kappa shape index (κ2) is 6.29. The van der Waals surface area contributed by atoms with Crippen molar-refractivity contribution in [1.82, 2.24) is 0 Å². The maximum Gasteiger partial charge on any atom is 0.122 e. The van der Waals surface area contributed by atoms with Crippen molar-refractivity contribution in [3.63, 3.8) is 0 Å². The summed E-state index contributed by atoms with van der Waals surface area (Å²) in [5, 5.41) is 4.31. The maximum atomic E-state index is 6.09. The van der Waals surface area contributed by atoms with E-state index in [0.717, 1.165) is 40.4 Å². The van der Waals surface area contributed by atoms with Gasteiger partial charge in [-0.3, -0.25) is 0 Å². The van der Waals surface area contributed by atoms with Gasteiger partial charge in [0.05, 0.1) is 18.3 Å². The summed E-state index contributed by atoms with van der Waals surface area (Å²) in [4.78, 5) is 0. The standard InChI is InChI=1S/C17H17BrClNO/c1-2-15(20-16-10-13(19)4-5-14(16)18)11-3-6-17-12(9-11)7-8-21-17/h3-6,9-10,15,20H,2,7-8H2,1H3. The Labute approximate surface area is 138 Å². The molecule has 0 fully saturated rings. The third-order valence-corrected chi connectivity index (χ3v) is 4.71. The molecule has 2 nitrogen and oxygen atoms in total. The van der Waals surface area contributed by atoms with Gasteiger partial charge in [-0.15, -0.1) is 0 Å². The molecule has 1 atom stereocenters. The SMILES string of the molecule is CCC(Nc1cc(Cl)ccc1Br)c1ccc2c(c1)CCO2. The number of hydrogen-bond donors (Lipinski definition) is 1. The molecule has 0 radical (unpaired) electrons. The van der Waals surface area contributed by atoms with Crippen LogP contribution in [0.5, 0.6) is 5.75 Å². The van der Waals surface area contributed by atoms with Crippen molar-refractivity contribution in [3.8, 4) is 5.75 Å². The van der Waals surface area contributed by atoms with Crippen LogP contribution in [0.2, 0.25) is 5.02 Å². The van der Waals surface area contributed by atoms with Gasteiger partial charge < -0.3 is 10.1 Å². The fraction of sp³-hybridized carbons (Fsp3) is 0.294. The molecule has 110 valence electrons. The summed E-state index contributed by atoms with van der Waals surface area (Å²) < 4.78 is 6.60. The van der Waals surface area contributed by atoms with Gasteiger partial charge in [-0.25, -0.2) is 0 Å². The zero-order valence-electron chi connectivity index (χ0n) is 11.8. The molecule has 1 aliphatic rings. The molecule has 1 N–H and O–H groups in total. The summed E-state index contributed by atoms with van der Waals surface area (Å²) in [7, 11) is 0. The molecule has 4 heteroatoms. The first-order chi connectivity index (χ1) is 10.2. The van der Waals surface area contributed by atoms with E-state index in [9.17, 15) is 0 Å². The van der Waals surface area contributed by atoms with E-state index in [0.29, 0.717) is 0 Å². The highest BCUT2D eigenvalue weighted by Crippen LogP contribution is 2.33. The number of anilines is 1. The molecular formula is C17H17BrClNO. The van der Waals surface area contributed by atoms with Crippen LogP contribution >= 0.6 is 27.5 Å². The van der Waals surface area contributed by atoms with Crippen LogP contribution in [-0.4, -0.2) is 6.61 Å². The van der Waals surface area contributed by atoms with Crippen molar-refractivity contribution < 1.29 is 4.74 Å². The van der Waals surface area contributed by atoms with E-state index in [1.165, 1.54) is 11.1 Å². The van der Waals surface area contributed by atoms with Crippen LogP contribution < -0.4 is 10.1 Å².